The van der Waals surface area contributed by atoms with Crippen LogP contribution in [0.25, 0.3) is 0 Å². The predicted molar refractivity (Wildman–Crippen MR) is 112 cm³/mol. The van der Waals surface area contributed by atoms with E-state index in [4.69, 9.17) is 0 Å². The average molecular weight is 434 g/mol. The Balaban J connectivity index is 1.40. The van der Waals surface area contributed by atoms with E-state index < -0.39 is 18.6 Å². The molecule has 0 aliphatic carbocycles. The van der Waals surface area contributed by atoms with Crippen LogP contribution in [-0.2, 0) is 11.3 Å². The Labute approximate surface area is 179 Å². The second kappa shape index (κ2) is 10.4. The van der Waals surface area contributed by atoms with Gasteiger partial charge in [0, 0.05) is 44.0 Å². The Morgan fingerprint density at radius 3 is 2.10 bits per heavy atom. The number of hydrogen-bond donors (Lipinski definition) is 2. The van der Waals surface area contributed by atoms with Crippen molar-refractivity contribution in [2.24, 2.45) is 0 Å². The quantitative estimate of drug-likeness (QED) is 0.704. The Hall–Kier alpha value is -2.91. The maximum atomic E-state index is 12.3. The first-order valence-electron chi connectivity index (χ1n) is 10.0. The molecule has 9 heteroatoms. The molecule has 0 bridgehead atoms. The minimum absolute atomic E-state index is 0.0942. The number of nitrogens with one attached hydrogen (secondary N) is 2. The van der Waals surface area contributed by atoms with E-state index in [2.05, 4.69) is 27.2 Å². The fourth-order valence-corrected chi connectivity index (χ4v) is 3.34. The number of benzene rings is 2. The van der Waals surface area contributed by atoms with Crippen LogP contribution in [0.4, 0.5) is 18.9 Å². The van der Waals surface area contributed by atoms with Crippen LogP contribution in [0, 0.1) is 0 Å². The second-order valence-electron chi connectivity index (χ2n) is 7.46. The highest BCUT2D eigenvalue weighted by Crippen LogP contribution is 2.14. The van der Waals surface area contributed by atoms with Gasteiger partial charge in [-0.15, -0.1) is 0 Å². The van der Waals surface area contributed by atoms with Crippen LogP contribution in [0.15, 0.2) is 54.6 Å². The number of rotatable bonds is 7. The van der Waals surface area contributed by atoms with Gasteiger partial charge in [0.05, 0.1) is 6.54 Å². The summed E-state index contributed by atoms with van der Waals surface area (Å²) >= 11 is 0. The Morgan fingerprint density at radius 1 is 0.871 bits per heavy atom. The van der Waals surface area contributed by atoms with Crippen LogP contribution in [0.3, 0.4) is 0 Å². The lowest BCUT2D eigenvalue weighted by Gasteiger charge is -2.34. The van der Waals surface area contributed by atoms with E-state index in [0.29, 0.717) is 5.69 Å². The van der Waals surface area contributed by atoms with Crippen LogP contribution < -0.4 is 10.6 Å². The Bertz CT molecular complexity index is 865. The highest BCUT2D eigenvalue weighted by Gasteiger charge is 2.27. The zero-order valence-electron chi connectivity index (χ0n) is 17.0. The van der Waals surface area contributed by atoms with Gasteiger partial charge in [-0.3, -0.25) is 19.4 Å². The minimum Gasteiger partial charge on any atom is -0.343 e. The van der Waals surface area contributed by atoms with Crippen LogP contribution in [0.2, 0.25) is 0 Å². The molecule has 0 unspecified atom stereocenters. The van der Waals surface area contributed by atoms with Gasteiger partial charge in [-0.05, 0) is 29.8 Å². The molecule has 2 amide bonds. The van der Waals surface area contributed by atoms with Gasteiger partial charge >= 0.3 is 6.18 Å². The van der Waals surface area contributed by atoms with Gasteiger partial charge in [-0.2, -0.15) is 13.2 Å². The van der Waals surface area contributed by atoms with E-state index in [-0.39, 0.29) is 18.0 Å². The summed E-state index contributed by atoms with van der Waals surface area (Å²) in [5, 5.41) is 4.57. The van der Waals surface area contributed by atoms with Crippen LogP contribution in [0.1, 0.15) is 15.9 Å². The molecule has 1 aliphatic heterocycles. The summed E-state index contributed by atoms with van der Waals surface area (Å²) in [5.74, 6) is -0.991. The molecule has 2 aromatic carbocycles. The molecule has 0 saturated carbocycles. The van der Waals surface area contributed by atoms with Gasteiger partial charge in [-0.1, -0.05) is 30.3 Å². The van der Waals surface area contributed by atoms with Crippen molar-refractivity contribution in [2.75, 3.05) is 44.6 Å². The summed E-state index contributed by atoms with van der Waals surface area (Å²) in [7, 11) is 0. The standard InChI is InChI=1S/C22H25F3N4O2/c23-22(24,25)16-26-21(31)18-6-8-19(9-7-18)27-20(30)15-29-12-10-28(11-13-29)14-17-4-2-1-3-5-17/h1-9H,10-16H2,(H,26,31)(H,27,30). The SMILES string of the molecule is O=C(CN1CCN(Cc2ccccc2)CC1)Nc1ccc(C(=O)NCC(F)(F)F)cc1. The molecule has 0 aromatic heterocycles. The number of nitrogens with zero attached hydrogens (tertiary/aromatic N) is 2. The molecule has 1 fully saturated rings. The van der Waals surface area contributed by atoms with Gasteiger partial charge < -0.3 is 10.6 Å². The number of carbonyl (C=O) groups is 2. The maximum Gasteiger partial charge on any atom is 0.405 e. The number of anilines is 1. The summed E-state index contributed by atoms with van der Waals surface area (Å²) in [6.07, 6.45) is -4.46. The van der Waals surface area contributed by atoms with Crippen molar-refractivity contribution in [3.63, 3.8) is 0 Å². The van der Waals surface area contributed by atoms with Crippen molar-refractivity contribution in [3.8, 4) is 0 Å². The number of piperazine rings is 1. The highest BCUT2D eigenvalue weighted by atomic mass is 19.4. The minimum atomic E-state index is -4.46. The van der Waals surface area contributed by atoms with Gasteiger partial charge in [0.25, 0.3) is 5.91 Å². The van der Waals surface area contributed by atoms with E-state index in [1.54, 1.807) is 0 Å². The third kappa shape index (κ3) is 7.69. The number of carbonyl (C=O) groups excluding carboxylic acids is 2. The van der Waals surface area contributed by atoms with E-state index in [1.165, 1.54) is 29.8 Å². The molecule has 0 spiro atoms. The summed E-state index contributed by atoms with van der Waals surface area (Å²) in [5.41, 5.74) is 1.85. The molecule has 6 nitrogen and oxygen atoms in total. The monoisotopic (exact) mass is 434 g/mol. The first kappa shape index (κ1) is 22.8. The molecule has 31 heavy (non-hydrogen) atoms. The number of hydrogen-bond acceptors (Lipinski definition) is 4. The van der Waals surface area contributed by atoms with E-state index >= 15 is 0 Å². The number of amides is 2. The third-order valence-electron chi connectivity index (χ3n) is 4.96. The average Bonchev–Trinajstić information content (AvgIpc) is 2.74. The highest BCUT2D eigenvalue weighted by molar-refractivity contribution is 5.96. The smallest absolute Gasteiger partial charge is 0.343 e. The molecule has 166 valence electrons. The molecule has 0 radical (unpaired) electrons. The van der Waals surface area contributed by atoms with Gasteiger partial charge in [0.15, 0.2) is 0 Å². The second-order valence-corrected chi connectivity index (χ2v) is 7.46. The van der Waals surface area contributed by atoms with Crippen LogP contribution in [-0.4, -0.2) is 67.1 Å². The van der Waals surface area contributed by atoms with Gasteiger partial charge in [-0.25, -0.2) is 0 Å². The Kier molecular flexibility index (Phi) is 7.64. The first-order chi connectivity index (χ1) is 14.8. The summed E-state index contributed by atoms with van der Waals surface area (Å²) in [4.78, 5) is 28.5. The van der Waals surface area contributed by atoms with Crippen molar-refractivity contribution in [3.05, 3.63) is 65.7 Å². The normalized spacial score (nSPS) is 15.5. The lowest BCUT2D eigenvalue weighted by atomic mass is 10.2. The first-order valence-corrected chi connectivity index (χ1v) is 10.0. The van der Waals surface area contributed by atoms with Crippen molar-refractivity contribution in [2.45, 2.75) is 12.7 Å². The molecule has 3 rings (SSSR count). The zero-order valence-corrected chi connectivity index (χ0v) is 17.0. The number of alkyl halides is 3. The lowest BCUT2D eigenvalue weighted by Crippen LogP contribution is -2.48. The molecule has 2 N–H and O–H groups in total. The summed E-state index contributed by atoms with van der Waals surface area (Å²) in [6, 6.07) is 16.0. The molecule has 2 aromatic rings. The van der Waals surface area contributed by atoms with Gasteiger partial charge in [0.1, 0.15) is 6.54 Å². The summed E-state index contributed by atoms with van der Waals surface area (Å²) < 4.78 is 36.5. The van der Waals surface area contributed by atoms with Gasteiger partial charge in [0.2, 0.25) is 5.91 Å². The summed E-state index contributed by atoms with van der Waals surface area (Å²) in [6.45, 7) is 3.10. The zero-order chi connectivity index (χ0) is 22.3. The van der Waals surface area contributed by atoms with Crippen molar-refractivity contribution >= 4 is 17.5 Å². The van der Waals surface area contributed by atoms with Crippen molar-refractivity contribution in [1.29, 1.82) is 0 Å². The molecule has 0 atom stereocenters. The molecular weight excluding hydrogens is 409 g/mol. The Morgan fingerprint density at radius 2 is 1.48 bits per heavy atom. The molecule has 1 aliphatic rings. The number of halogens is 3. The van der Waals surface area contributed by atoms with Crippen molar-refractivity contribution < 1.29 is 22.8 Å². The fraction of sp³-hybridized carbons (Fsp3) is 0.364. The topological polar surface area (TPSA) is 64.7 Å². The molecular formula is C22H25F3N4O2. The third-order valence-corrected chi connectivity index (χ3v) is 4.96. The molecule has 1 saturated heterocycles. The van der Waals surface area contributed by atoms with E-state index in [9.17, 15) is 22.8 Å². The largest absolute Gasteiger partial charge is 0.405 e. The fourth-order valence-electron chi connectivity index (χ4n) is 3.34. The van der Waals surface area contributed by atoms with E-state index in [1.807, 2.05) is 23.5 Å². The van der Waals surface area contributed by atoms with Crippen LogP contribution in [0.5, 0.6) is 0 Å². The maximum absolute atomic E-state index is 12.3. The van der Waals surface area contributed by atoms with Crippen molar-refractivity contribution in [1.82, 2.24) is 15.1 Å². The predicted octanol–water partition coefficient (Wildman–Crippen LogP) is 2.74. The van der Waals surface area contributed by atoms with E-state index in [0.717, 1.165) is 32.7 Å². The molecule has 1 heterocycles. The van der Waals surface area contributed by atoms with Crippen LogP contribution >= 0.6 is 0 Å². The lowest BCUT2D eigenvalue weighted by molar-refractivity contribution is -0.123.